The van der Waals surface area contributed by atoms with Crippen molar-refractivity contribution in [1.82, 2.24) is 0 Å². The van der Waals surface area contributed by atoms with E-state index < -0.39 is 22.4 Å². The normalized spacial score (nSPS) is 18.0. The number of thioether (sulfide) groups is 1. The fraction of sp³-hybridized carbons (Fsp3) is 0.211. The average Bonchev–Trinajstić information content (AvgIpc) is 2.90. The smallest absolute Gasteiger partial charge is 0.316 e. The molecule has 2 aromatic rings. The third-order valence-corrected chi connectivity index (χ3v) is 6.17. The van der Waals surface area contributed by atoms with Gasteiger partial charge < -0.3 is 5.11 Å². The van der Waals surface area contributed by atoms with Crippen molar-refractivity contribution in [1.29, 1.82) is 0 Å². The molecule has 1 aliphatic rings. The van der Waals surface area contributed by atoms with E-state index in [9.17, 15) is 19.5 Å². The monoisotopic (exact) mass is 423 g/mol. The predicted octanol–water partition coefficient (Wildman–Crippen LogP) is 4.05. The molecule has 3 rings (SSSR count). The summed E-state index contributed by atoms with van der Waals surface area (Å²) < 4.78 is 0. The van der Waals surface area contributed by atoms with Crippen molar-refractivity contribution < 1.29 is 19.5 Å². The van der Waals surface area contributed by atoms with E-state index in [0.717, 1.165) is 16.7 Å². The van der Waals surface area contributed by atoms with Crippen molar-refractivity contribution in [3.05, 3.63) is 64.1 Å². The summed E-state index contributed by atoms with van der Waals surface area (Å²) in [5.41, 5.74) is 1.11. The van der Waals surface area contributed by atoms with Crippen molar-refractivity contribution in [3.63, 3.8) is 0 Å². The molecule has 1 fully saturated rings. The zero-order chi connectivity index (χ0) is 19.6. The summed E-state index contributed by atoms with van der Waals surface area (Å²) in [7, 11) is 0. The highest BCUT2D eigenvalue weighted by molar-refractivity contribution is 8.02. The topological polar surface area (TPSA) is 74.7 Å². The van der Waals surface area contributed by atoms with Crippen LogP contribution in [-0.2, 0) is 20.8 Å². The van der Waals surface area contributed by atoms with Crippen LogP contribution in [0.1, 0.15) is 12.0 Å². The second-order valence-corrected chi connectivity index (χ2v) is 8.25. The molecular weight excluding hydrogens is 409 g/mol. The quantitative estimate of drug-likeness (QED) is 0.709. The minimum absolute atomic E-state index is 0.0432. The van der Waals surface area contributed by atoms with Gasteiger partial charge in [-0.05, 0) is 42.3 Å². The Hall–Kier alpha value is -2.02. The largest absolute Gasteiger partial charge is 0.480 e. The van der Waals surface area contributed by atoms with Crippen LogP contribution in [0.4, 0.5) is 5.69 Å². The molecule has 0 bridgehead atoms. The van der Waals surface area contributed by atoms with Crippen molar-refractivity contribution >= 4 is 58.4 Å². The Morgan fingerprint density at radius 3 is 2.44 bits per heavy atom. The molecule has 1 N–H and O–H groups in total. The van der Waals surface area contributed by atoms with Gasteiger partial charge in [-0.2, -0.15) is 0 Å². The van der Waals surface area contributed by atoms with E-state index in [2.05, 4.69) is 0 Å². The number of carboxylic acids is 1. The van der Waals surface area contributed by atoms with Crippen LogP contribution in [0, 0.1) is 0 Å². The number of rotatable bonds is 6. The number of aliphatic carboxylic acids is 1. The van der Waals surface area contributed by atoms with Gasteiger partial charge in [0.05, 0.1) is 10.9 Å². The number of benzene rings is 2. The molecule has 2 amide bonds. The molecule has 2 atom stereocenters. The number of halogens is 2. The molecule has 27 heavy (non-hydrogen) atoms. The number of hydrogen-bond donors (Lipinski definition) is 1. The van der Waals surface area contributed by atoms with Crippen LogP contribution in [0.15, 0.2) is 48.5 Å². The lowest BCUT2D eigenvalue weighted by Crippen LogP contribution is -2.32. The van der Waals surface area contributed by atoms with Gasteiger partial charge in [0.2, 0.25) is 11.8 Å². The van der Waals surface area contributed by atoms with E-state index in [1.165, 1.54) is 0 Å². The number of nitrogens with zero attached hydrogens (tertiary/aromatic N) is 1. The molecule has 2 aromatic carbocycles. The van der Waals surface area contributed by atoms with Gasteiger partial charge in [-0.3, -0.25) is 14.4 Å². The Bertz CT molecular complexity index is 888. The van der Waals surface area contributed by atoms with Crippen LogP contribution in [0.2, 0.25) is 10.0 Å². The van der Waals surface area contributed by atoms with E-state index in [-0.39, 0.29) is 18.7 Å². The SMILES string of the molecule is O=C(O)C(Cc1ccccc1Cl)SC1CC(=O)N(c2ccc(Cl)cc2)C1=O. The van der Waals surface area contributed by atoms with Crippen LogP contribution in [-0.4, -0.2) is 33.4 Å². The maximum atomic E-state index is 12.7. The van der Waals surface area contributed by atoms with E-state index in [4.69, 9.17) is 23.2 Å². The Morgan fingerprint density at radius 1 is 1.15 bits per heavy atom. The number of carboxylic acid groups (broad SMARTS) is 1. The Morgan fingerprint density at radius 2 is 1.81 bits per heavy atom. The van der Waals surface area contributed by atoms with Gasteiger partial charge in [0.15, 0.2) is 0 Å². The Labute approximate surface area is 170 Å². The highest BCUT2D eigenvalue weighted by Gasteiger charge is 2.42. The molecule has 0 saturated carbocycles. The summed E-state index contributed by atoms with van der Waals surface area (Å²) in [6.45, 7) is 0. The number of hydrogen-bond acceptors (Lipinski definition) is 4. The molecular formula is C19H15Cl2NO4S. The minimum Gasteiger partial charge on any atom is -0.480 e. The first-order valence-corrected chi connectivity index (χ1v) is 9.80. The van der Waals surface area contributed by atoms with Crippen LogP contribution in [0.3, 0.4) is 0 Å². The van der Waals surface area contributed by atoms with Gasteiger partial charge in [-0.15, -0.1) is 11.8 Å². The summed E-state index contributed by atoms with van der Waals surface area (Å²) in [6, 6.07) is 13.3. The highest BCUT2D eigenvalue weighted by Crippen LogP contribution is 2.34. The number of carbonyl (C=O) groups is 3. The third kappa shape index (κ3) is 4.46. The standard InChI is InChI=1S/C19H15Cl2NO4S/c20-12-5-7-13(8-6-12)22-17(23)10-15(18(22)24)27-16(19(25)26)9-11-3-1-2-4-14(11)21/h1-8,15-16H,9-10H2,(H,25,26). The van der Waals surface area contributed by atoms with Gasteiger partial charge in [0.25, 0.3) is 0 Å². The van der Waals surface area contributed by atoms with E-state index in [1.54, 1.807) is 48.5 Å². The summed E-state index contributed by atoms with van der Waals surface area (Å²) >= 11 is 12.9. The lowest BCUT2D eigenvalue weighted by molar-refractivity contribution is -0.136. The molecule has 140 valence electrons. The van der Waals surface area contributed by atoms with Crippen molar-refractivity contribution in [3.8, 4) is 0 Å². The zero-order valence-corrected chi connectivity index (χ0v) is 16.3. The van der Waals surface area contributed by atoms with Crippen LogP contribution in [0.5, 0.6) is 0 Å². The van der Waals surface area contributed by atoms with E-state index in [1.807, 2.05) is 0 Å². The maximum absolute atomic E-state index is 12.7. The fourth-order valence-electron chi connectivity index (χ4n) is 2.83. The molecule has 1 heterocycles. The minimum atomic E-state index is -1.05. The lowest BCUT2D eigenvalue weighted by Gasteiger charge is -2.18. The first kappa shape index (κ1) is 19.7. The maximum Gasteiger partial charge on any atom is 0.316 e. The van der Waals surface area contributed by atoms with Gasteiger partial charge in [0, 0.05) is 16.5 Å². The second-order valence-electron chi connectivity index (χ2n) is 6.00. The molecule has 2 unspecified atom stereocenters. The van der Waals surface area contributed by atoms with Gasteiger partial charge >= 0.3 is 5.97 Å². The predicted molar refractivity (Wildman–Crippen MR) is 107 cm³/mol. The first-order valence-electron chi connectivity index (χ1n) is 8.11. The van der Waals surface area contributed by atoms with E-state index in [0.29, 0.717) is 21.3 Å². The second kappa shape index (κ2) is 8.33. The van der Waals surface area contributed by atoms with Gasteiger partial charge in [0.1, 0.15) is 5.25 Å². The summed E-state index contributed by atoms with van der Waals surface area (Å²) in [5.74, 6) is -1.83. The molecule has 0 spiro atoms. The molecule has 8 heteroatoms. The van der Waals surface area contributed by atoms with Gasteiger partial charge in [-0.25, -0.2) is 4.90 Å². The van der Waals surface area contributed by atoms with Crippen molar-refractivity contribution in [2.75, 3.05) is 4.90 Å². The Balaban J connectivity index is 1.76. The highest BCUT2D eigenvalue weighted by atomic mass is 35.5. The zero-order valence-electron chi connectivity index (χ0n) is 14.0. The molecule has 1 saturated heterocycles. The number of carbonyl (C=O) groups excluding carboxylic acids is 2. The number of anilines is 1. The average molecular weight is 424 g/mol. The van der Waals surface area contributed by atoms with E-state index >= 15 is 0 Å². The lowest BCUT2D eigenvalue weighted by atomic mass is 10.1. The van der Waals surface area contributed by atoms with Crippen LogP contribution >= 0.6 is 35.0 Å². The number of imide groups is 1. The van der Waals surface area contributed by atoms with Gasteiger partial charge in [-0.1, -0.05) is 41.4 Å². The summed E-state index contributed by atoms with van der Waals surface area (Å²) in [5, 5.41) is 8.89. The molecule has 5 nitrogen and oxygen atoms in total. The molecule has 1 aliphatic heterocycles. The molecule has 0 aromatic heterocycles. The van der Waals surface area contributed by atoms with Crippen molar-refractivity contribution in [2.24, 2.45) is 0 Å². The first-order chi connectivity index (χ1) is 12.9. The number of amides is 2. The Kier molecular flexibility index (Phi) is 6.09. The third-order valence-electron chi connectivity index (χ3n) is 4.16. The summed E-state index contributed by atoms with van der Waals surface area (Å²) in [6.07, 6.45) is 0.122. The van der Waals surface area contributed by atoms with Crippen LogP contribution < -0.4 is 4.90 Å². The molecule has 0 radical (unpaired) electrons. The molecule has 0 aliphatic carbocycles. The fourth-order valence-corrected chi connectivity index (χ4v) is 4.42. The van der Waals surface area contributed by atoms with Crippen LogP contribution in [0.25, 0.3) is 0 Å². The van der Waals surface area contributed by atoms with Crippen molar-refractivity contribution in [2.45, 2.75) is 23.3 Å². The summed E-state index contributed by atoms with van der Waals surface area (Å²) in [4.78, 5) is 37.8.